The molecule has 3 nitrogen and oxygen atoms in total. The molecule has 1 fully saturated rings. The van der Waals surface area contributed by atoms with Crippen LogP contribution in [0, 0.1) is 11.8 Å². The Bertz CT molecular complexity index is 297. The van der Waals surface area contributed by atoms with Crippen molar-refractivity contribution in [3.05, 3.63) is 0 Å². The molecule has 6 heteroatoms. The highest BCUT2D eigenvalue weighted by Gasteiger charge is 2.36. The molecular formula is C13H23F3N2O. The van der Waals surface area contributed by atoms with Gasteiger partial charge in [-0.15, -0.1) is 0 Å². The van der Waals surface area contributed by atoms with E-state index in [2.05, 4.69) is 0 Å². The average molecular weight is 280 g/mol. The first-order valence-electron chi connectivity index (χ1n) is 6.80. The molecule has 112 valence electrons. The van der Waals surface area contributed by atoms with E-state index in [1.807, 2.05) is 13.8 Å². The number of hydrogen-bond acceptors (Lipinski definition) is 2. The third kappa shape index (κ3) is 5.80. The Morgan fingerprint density at radius 2 is 1.79 bits per heavy atom. The summed E-state index contributed by atoms with van der Waals surface area (Å²) in [6.07, 6.45) is -1.69. The second-order valence-corrected chi connectivity index (χ2v) is 5.84. The second-order valence-electron chi connectivity index (χ2n) is 5.84. The van der Waals surface area contributed by atoms with Gasteiger partial charge in [-0.05, 0) is 31.6 Å². The normalized spacial score (nSPS) is 24.6. The Hall–Kier alpha value is -0.780. The van der Waals surface area contributed by atoms with Crippen molar-refractivity contribution in [3.63, 3.8) is 0 Å². The van der Waals surface area contributed by atoms with E-state index in [0.717, 1.165) is 17.7 Å². The minimum atomic E-state index is -4.34. The number of nitrogens with zero attached hydrogens (tertiary/aromatic N) is 1. The highest BCUT2D eigenvalue weighted by Crippen LogP contribution is 2.27. The number of nitrogens with two attached hydrogens (primary N) is 1. The molecule has 1 rings (SSSR count). The summed E-state index contributed by atoms with van der Waals surface area (Å²) in [6.45, 7) is 2.63. The summed E-state index contributed by atoms with van der Waals surface area (Å²) < 4.78 is 37.6. The van der Waals surface area contributed by atoms with Gasteiger partial charge in [0.05, 0.1) is 0 Å². The largest absolute Gasteiger partial charge is 0.406 e. The molecule has 0 aromatic rings. The Kier molecular flexibility index (Phi) is 5.64. The third-order valence-corrected chi connectivity index (χ3v) is 3.39. The van der Waals surface area contributed by atoms with Crippen molar-refractivity contribution < 1.29 is 18.0 Å². The van der Waals surface area contributed by atoms with Crippen molar-refractivity contribution in [2.45, 2.75) is 51.7 Å². The summed E-state index contributed by atoms with van der Waals surface area (Å²) in [4.78, 5) is 13.2. The van der Waals surface area contributed by atoms with Crippen LogP contribution in [0.15, 0.2) is 0 Å². The van der Waals surface area contributed by atoms with Gasteiger partial charge in [-0.1, -0.05) is 13.8 Å². The van der Waals surface area contributed by atoms with Crippen LogP contribution in [0.4, 0.5) is 13.2 Å². The highest BCUT2D eigenvalue weighted by atomic mass is 19.4. The molecule has 0 aromatic heterocycles. The molecule has 1 aliphatic carbocycles. The molecule has 2 N–H and O–H groups in total. The number of carbonyl (C=O) groups is 1. The molecule has 1 aliphatic rings. The van der Waals surface area contributed by atoms with Gasteiger partial charge in [0, 0.05) is 18.5 Å². The van der Waals surface area contributed by atoms with Crippen LogP contribution in [0.25, 0.3) is 0 Å². The molecule has 0 bridgehead atoms. The topological polar surface area (TPSA) is 46.3 Å². The predicted molar refractivity (Wildman–Crippen MR) is 67.4 cm³/mol. The Balaban J connectivity index is 2.65. The maximum absolute atomic E-state index is 12.5. The molecule has 0 aromatic carbocycles. The van der Waals surface area contributed by atoms with Crippen molar-refractivity contribution in [2.24, 2.45) is 17.6 Å². The van der Waals surface area contributed by atoms with Crippen LogP contribution < -0.4 is 5.73 Å². The van der Waals surface area contributed by atoms with E-state index in [1.165, 1.54) is 0 Å². The maximum Gasteiger partial charge on any atom is 0.406 e. The summed E-state index contributed by atoms with van der Waals surface area (Å²) in [6, 6.07) is 0.0882. The fourth-order valence-corrected chi connectivity index (χ4v) is 2.51. The van der Waals surface area contributed by atoms with Crippen LogP contribution in [0.3, 0.4) is 0 Å². The highest BCUT2D eigenvalue weighted by molar-refractivity contribution is 5.79. The monoisotopic (exact) mass is 280 g/mol. The fraction of sp³-hybridized carbons (Fsp3) is 0.923. The number of halogens is 3. The Morgan fingerprint density at radius 1 is 1.26 bits per heavy atom. The van der Waals surface area contributed by atoms with E-state index in [9.17, 15) is 18.0 Å². The summed E-state index contributed by atoms with van der Waals surface area (Å²) in [5.41, 5.74) is 5.75. The molecule has 0 unspecified atom stereocenters. The predicted octanol–water partition coefficient (Wildman–Crippen LogP) is 2.55. The molecule has 0 atom stereocenters. The van der Waals surface area contributed by atoms with Crippen LogP contribution in [0.1, 0.15) is 39.5 Å². The molecule has 0 heterocycles. The SMILES string of the molecule is CC(C)CN(CC(F)(F)F)C(=O)C1CCC(N)CC1. The van der Waals surface area contributed by atoms with Gasteiger partial charge in [0.2, 0.25) is 5.91 Å². The number of carbonyl (C=O) groups excluding carboxylic acids is 1. The minimum absolute atomic E-state index is 0.0251. The first-order chi connectivity index (χ1) is 8.69. The zero-order chi connectivity index (χ0) is 14.6. The summed E-state index contributed by atoms with van der Waals surface area (Å²) in [5, 5.41) is 0. The van der Waals surface area contributed by atoms with E-state index >= 15 is 0 Å². The number of hydrogen-bond donors (Lipinski definition) is 1. The lowest BCUT2D eigenvalue weighted by molar-refractivity contribution is -0.165. The van der Waals surface area contributed by atoms with Gasteiger partial charge in [-0.25, -0.2) is 0 Å². The molecule has 0 radical (unpaired) electrons. The first-order valence-corrected chi connectivity index (χ1v) is 6.80. The maximum atomic E-state index is 12.5. The molecule has 0 aliphatic heterocycles. The Labute approximate surface area is 112 Å². The Morgan fingerprint density at radius 3 is 2.21 bits per heavy atom. The van der Waals surface area contributed by atoms with Gasteiger partial charge in [-0.3, -0.25) is 4.79 Å². The molecule has 1 saturated carbocycles. The van der Waals surface area contributed by atoms with Gasteiger partial charge in [-0.2, -0.15) is 13.2 Å². The van der Waals surface area contributed by atoms with Gasteiger partial charge >= 0.3 is 6.18 Å². The zero-order valence-corrected chi connectivity index (χ0v) is 11.5. The quantitative estimate of drug-likeness (QED) is 0.860. The summed E-state index contributed by atoms with van der Waals surface area (Å²) in [7, 11) is 0. The van der Waals surface area contributed by atoms with Crippen LogP contribution >= 0.6 is 0 Å². The molecule has 0 spiro atoms. The molecule has 19 heavy (non-hydrogen) atoms. The van der Waals surface area contributed by atoms with Crippen molar-refractivity contribution in [1.82, 2.24) is 4.90 Å². The van der Waals surface area contributed by atoms with Crippen LogP contribution in [-0.2, 0) is 4.79 Å². The van der Waals surface area contributed by atoms with E-state index in [1.54, 1.807) is 0 Å². The lowest BCUT2D eigenvalue weighted by atomic mass is 9.85. The molecular weight excluding hydrogens is 257 g/mol. The van der Waals surface area contributed by atoms with Gasteiger partial charge in [0.1, 0.15) is 6.54 Å². The van der Waals surface area contributed by atoms with Crippen molar-refractivity contribution in [3.8, 4) is 0 Å². The number of alkyl halides is 3. The van der Waals surface area contributed by atoms with Crippen LogP contribution in [0.5, 0.6) is 0 Å². The van der Waals surface area contributed by atoms with Crippen molar-refractivity contribution >= 4 is 5.91 Å². The average Bonchev–Trinajstić information content (AvgIpc) is 2.25. The zero-order valence-electron chi connectivity index (χ0n) is 11.5. The lowest BCUT2D eigenvalue weighted by Gasteiger charge is -2.32. The second kappa shape index (κ2) is 6.59. The van der Waals surface area contributed by atoms with Gasteiger partial charge < -0.3 is 10.6 Å². The van der Waals surface area contributed by atoms with E-state index in [-0.39, 0.29) is 30.3 Å². The van der Waals surface area contributed by atoms with Crippen LogP contribution in [-0.4, -0.2) is 36.1 Å². The lowest BCUT2D eigenvalue weighted by Crippen LogP contribution is -2.45. The first kappa shape index (κ1) is 16.3. The van der Waals surface area contributed by atoms with E-state index < -0.39 is 12.7 Å². The molecule has 0 saturated heterocycles. The van der Waals surface area contributed by atoms with E-state index in [0.29, 0.717) is 12.8 Å². The minimum Gasteiger partial charge on any atom is -0.333 e. The van der Waals surface area contributed by atoms with Crippen molar-refractivity contribution in [1.29, 1.82) is 0 Å². The number of amides is 1. The smallest absolute Gasteiger partial charge is 0.333 e. The van der Waals surface area contributed by atoms with Crippen molar-refractivity contribution in [2.75, 3.05) is 13.1 Å². The van der Waals surface area contributed by atoms with E-state index in [4.69, 9.17) is 5.73 Å². The van der Waals surface area contributed by atoms with Gasteiger partial charge in [0.15, 0.2) is 0 Å². The fourth-order valence-electron chi connectivity index (χ4n) is 2.51. The van der Waals surface area contributed by atoms with Gasteiger partial charge in [0.25, 0.3) is 0 Å². The third-order valence-electron chi connectivity index (χ3n) is 3.39. The summed E-state index contributed by atoms with van der Waals surface area (Å²) >= 11 is 0. The molecule has 1 amide bonds. The van der Waals surface area contributed by atoms with Crippen LogP contribution in [0.2, 0.25) is 0 Å². The standard InChI is InChI=1S/C13H23F3N2O/c1-9(2)7-18(8-13(14,15)16)12(19)10-3-5-11(17)6-4-10/h9-11H,3-8,17H2,1-2H3. The summed E-state index contributed by atoms with van der Waals surface area (Å²) in [5.74, 6) is -0.629. The number of rotatable bonds is 4.